The number of hydrogen-bond acceptors (Lipinski definition) is 5. The van der Waals surface area contributed by atoms with Crippen molar-refractivity contribution in [1.82, 2.24) is 20.0 Å². The highest BCUT2D eigenvalue weighted by Crippen LogP contribution is 2.27. The zero-order valence-electron chi connectivity index (χ0n) is 14.7. The number of likely N-dealkylation sites (tertiary alicyclic amines) is 1. The topological polar surface area (TPSA) is 52.6 Å². The standard InChI is InChI=1S/C18H27N5O/c1-21(9-13-6-7-18(24)22(2)10-13)15-11-23(12-15)17-8-14-4-3-5-16(14)19-20-17/h8,13,15H,3-7,9-12H2,1-2H3. The molecule has 0 aromatic carbocycles. The summed E-state index contributed by atoms with van der Waals surface area (Å²) in [5.74, 6) is 1.94. The third-order valence-corrected chi connectivity index (χ3v) is 5.89. The van der Waals surface area contributed by atoms with Gasteiger partial charge >= 0.3 is 0 Å². The van der Waals surface area contributed by atoms with Gasteiger partial charge in [0.2, 0.25) is 5.91 Å². The van der Waals surface area contributed by atoms with Crippen molar-refractivity contribution in [3.8, 4) is 0 Å². The molecule has 0 bridgehead atoms. The van der Waals surface area contributed by atoms with Gasteiger partial charge in [-0.05, 0) is 50.3 Å². The van der Waals surface area contributed by atoms with Crippen molar-refractivity contribution in [2.75, 3.05) is 45.2 Å². The highest BCUT2D eigenvalue weighted by molar-refractivity contribution is 5.76. The molecule has 3 aliphatic rings. The van der Waals surface area contributed by atoms with E-state index in [0.29, 0.717) is 24.3 Å². The van der Waals surface area contributed by atoms with E-state index in [2.05, 4.69) is 33.1 Å². The van der Waals surface area contributed by atoms with E-state index in [9.17, 15) is 4.79 Å². The Morgan fingerprint density at radius 3 is 2.83 bits per heavy atom. The minimum absolute atomic E-state index is 0.291. The largest absolute Gasteiger partial charge is 0.352 e. The highest BCUT2D eigenvalue weighted by atomic mass is 16.2. The van der Waals surface area contributed by atoms with Crippen molar-refractivity contribution in [3.05, 3.63) is 17.3 Å². The molecule has 1 aromatic heterocycles. The monoisotopic (exact) mass is 329 g/mol. The summed E-state index contributed by atoms with van der Waals surface area (Å²) in [6.45, 7) is 4.04. The number of fused-ring (bicyclic) bond motifs is 1. The molecule has 0 saturated carbocycles. The maximum absolute atomic E-state index is 11.6. The minimum Gasteiger partial charge on any atom is -0.352 e. The van der Waals surface area contributed by atoms with Gasteiger partial charge in [-0.25, -0.2) is 0 Å². The molecule has 1 atom stereocenters. The van der Waals surface area contributed by atoms with Gasteiger partial charge in [0.25, 0.3) is 0 Å². The third kappa shape index (κ3) is 2.99. The predicted octanol–water partition coefficient (Wildman–Crippen LogP) is 0.954. The lowest BCUT2D eigenvalue weighted by atomic mass is 9.96. The van der Waals surface area contributed by atoms with Crippen molar-refractivity contribution in [2.45, 2.75) is 38.1 Å². The van der Waals surface area contributed by atoms with E-state index >= 15 is 0 Å². The van der Waals surface area contributed by atoms with Crippen LogP contribution < -0.4 is 4.90 Å². The number of carbonyl (C=O) groups is 1. The molecule has 4 rings (SSSR count). The number of aryl methyl sites for hydroxylation is 2. The number of nitrogens with zero attached hydrogens (tertiary/aromatic N) is 5. The molecule has 2 saturated heterocycles. The quantitative estimate of drug-likeness (QED) is 0.823. The van der Waals surface area contributed by atoms with Crippen LogP contribution in [-0.2, 0) is 17.6 Å². The van der Waals surface area contributed by atoms with Crippen molar-refractivity contribution < 1.29 is 4.79 Å². The molecule has 2 fully saturated rings. The Balaban J connectivity index is 1.28. The summed E-state index contributed by atoms with van der Waals surface area (Å²) >= 11 is 0. The second-order valence-corrected chi connectivity index (χ2v) is 7.71. The number of piperidine rings is 1. The summed E-state index contributed by atoms with van der Waals surface area (Å²) in [5, 5.41) is 8.81. The van der Waals surface area contributed by atoms with Gasteiger partial charge in [-0.15, -0.1) is 5.10 Å². The lowest BCUT2D eigenvalue weighted by molar-refractivity contribution is -0.133. The van der Waals surface area contributed by atoms with Gasteiger partial charge in [0.1, 0.15) is 0 Å². The molecule has 1 aromatic rings. The number of amides is 1. The van der Waals surface area contributed by atoms with Gasteiger partial charge in [0, 0.05) is 45.7 Å². The molecule has 130 valence electrons. The normalized spacial score (nSPS) is 24.5. The molecular weight excluding hydrogens is 302 g/mol. The van der Waals surface area contributed by atoms with Gasteiger partial charge in [0.15, 0.2) is 5.82 Å². The zero-order chi connectivity index (χ0) is 16.7. The first kappa shape index (κ1) is 15.8. The predicted molar refractivity (Wildman–Crippen MR) is 93.0 cm³/mol. The molecule has 6 heteroatoms. The van der Waals surface area contributed by atoms with Crippen molar-refractivity contribution in [2.24, 2.45) is 5.92 Å². The van der Waals surface area contributed by atoms with Gasteiger partial charge in [-0.1, -0.05) is 0 Å². The number of aromatic nitrogens is 2. The van der Waals surface area contributed by atoms with E-state index < -0.39 is 0 Å². The number of hydrogen-bond donors (Lipinski definition) is 0. The fraction of sp³-hybridized carbons (Fsp3) is 0.722. The smallest absolute Gasteiger partial charge is 0.222 e. The van der Waals surface area contributed by atoms with E-state index in [-0.39, 0.29) is 0 Å². The third-order valence-electron chi connectivity index (χ3n) is 5.89. The minimum atomic E-state index is 0.291. The Bertz CT molecular complexity index is 628. The fourth-order valence-electron chi connectivity index (χ4n) is 4.20. The Hall–Kier alpha value is -1.69. The van der Waals surface area contributed by atoms with E-state index in [1.54, 1.807) is 0 Å². The Morgan fingerprint density at radius 1 is 1.21 bits per heavy atom. The van der Waals surface area contributed by atoms with Crippen LogP contribution in [0.1, 0.15) is 30.5 Å². The lowest BCUT2D eigenvalue weighted by Gasteiger charge is -2.46. The van der Waals surface area contributed by atoms with Gasteiger partial charge in [-0.2, -0.15) is 5.10 Å². The molecule has 6 nitrogen and oxygen atoms in total. The Kier molecular flexibility index (Phi) is 4.16. The van der Waals surface area contributed by atoms with Crippen molar-refractivity contribution in [3.63, 3.8) is 0 Å². The fourth-order valence-corrected chi connectivity index (χ4v) is 4.20. The molecule has 1 amide bonds. The molecule has 0 spiro atoms. The summed E-state index contributed by atoms with van der Waals surface area (Å²) < 4.78 is 0. The number of anilines is 1. The maximum atomic E-state index is 11.6. The van der Waals surface area contributed by atoms with Crippen LogP contribution in [0, 0.1) is 5.92 Å². The molecule has 3 heterocycles. The first-order chi connectivity index (χ1) is 11.6. The van der Waals surface area contributed by atoms with Gasteiger partial charge in [0.05, 0.1) is 5.69 Å². The summed E-state index contributed by atoms with van der Waals surface area (Å²) in [5.41, 5.74) is 2.59. The van der Waals surface area contributed by atoms with Crippen molar-refractivity contribution in [1.29, 1.82) is 0 Å². The lowest BCUT2D eigenvalue weighted by Crippen LogP contribution is -2.60. The molecule has 1 unspecified atom stereocenters. The summed E-state index contributed by atoms with van der Waals surface area (Å²) in [7, 11) is 4.14. The molecule has 1 aliphatic carbocycles. The van der Waals surface area contributed by atoms with Crippen LogP contribution in [0.2, 0.25) is 0 Å². The highest BCUT2D eigenvalue weighted by Gasteiger charge is 2.33. The first-order valence-electron chi connectivity index (χ1n) is 9.15. The maximum Gasteiger partial charge on any atom is 0.222 e. The Labute approximate surface area is 143 Å². The molecule has 24 heavy (non-hydrogen) atoms. The number of likely N-dealkylation sites (N-methyl/N-ethyl adjacent to an activating group) is 1. The van der Waals surface area contributed by atoms with E-state index in [4.69, 9.17) is 0 Å². The van der Waals surface area contributed by atoms with Gasteiger partial charge in [-0.3, -0.25) is 9.69 Å². The summed E-state index contributed by atoms with van der Waals surface area (Å²) in [6, 6.07) is 2.83. The SMILES string of the molecule is CN1CC(CN(C)C2CN(c3cc4c(nn3)CCC4)C2)CCC1=O. The molecule has 2 aliphatic heterocycles. The zero-order valence-corrected chi connectivity index (χ0v) is 14.7. The molecule has 0 N–H and O–H groups in total. The number of carbonyl (C=O) groups excluding carboxylic acids is 1. The number of rotatable bonds is 4. The first-order valence-corrected chi connectivity index (χ1v) is 9.15. The van der Waals surface area contributed by atoms with Crippen molar-refractivity contribution >= 4 is 11.7 Å². The van der Waals surface area contributed by atoms with Crippen LogP contribution in [0.4, 0.5) is 5.82 Å². The molecule has 0 radical (unpaired) electrons. The molecular formula is C18H27N5O. The second kappa shape index (κ2) is 6.31. The Morgan fingerprint density at radius 2 is 2.04 bits per heavy atom. The van der Waals surface area contributed by atoms with Crippen LogP contribution in [0.5, 0.6) is 0 Å². The second-order valence-electron chi connectivity index (χ2n) is 7.71. The van der Waals surface area contributed by atoms with Crippen LogP contribution in [0.3, 0.4) is 0 Å². The van der Waals surface area contributed by atoms with Gasteiger partial charge < -0.3 is 9.80 Å². The summed E-state index contributed by atoms with van der Waals surface area (Å²) in [6.07, 6.45) is 5.20. The van der Waals surface area contributed by atoms with Crippen LogP contribution in [-0.4, -0.2) is 72.2 Å². The van der Waals surface area contributed by atoms with E-state index in [1.807, 2.05) is 11.9 Å². The van der Waals surface area contributed by atoms with E-state index in [1.165, 1.54) is 17.7 Å². The van der Waals surface area contributed by atoms with E-state index in [0.717, 1.165) is 51.3 Å². The summed E-state index contributed by atoms with van der Waals surface area (Å²) in [4.78, 5) is 18.3. The average molecular weight is 329 g/mol. The van der Waals surface area contributed by atoms with Crippen LogP contribution in [0.15, 0.2) is 6.07 Å². The van der Waals surface area contributed by atoms with Crippen LogP contribution >= 0.6 is 0 Å². The average Bonchev–Trinajstić information content (AvgIpc) is 2.97. The van der Waals surface area contributed by atoms with Crippen LogP contribution in [0.25, 0.3) is 0 Å².